The number of fused-ring (bicyclic) bond motifs is 3. The third-order valence-corrected chi connectivity index (χ3v) is 14.5. The van der Waals surface area contributed by atoms with E-state index in [2.05, 4.69) is 66.9 Å². The molecule has 0 bridgehead atoms. The van der Waals surface area contributed by atoms with Crippen molar-refractivity contribution in [1.29, 1.82) is 15.8 Å². The van der Waals surface area contributed by atoms with Gasteiger partial charge in [0.15, 0.2) is 5.82 Å². The number of halogens is 1. The first kappa shape index (κ1) is 64.3. The van der Waals surface area contributed by atoms with Crippen molar-refractivity contribution in [3.05, 3.63) is 176 Å². The van der Waals surface area contributed by atoms with Crippen LogP contribution in [0.3, 0.4) is 0 Å². The largest absolute Gasteiger partial charge is 0.481 e. The van der Waals surface area contributed by atoms with Crippen LogP contribution in [0.1, 0.15) is 142 Å². The number of benzene rings is 3. The quantitative estimate of drug-likeness (QED) is 0.0958. The van der Waals surface area contributed by atoms with Crippen LogP contribution in [-0.4, -0.2) is 81.6 Å². The van der Waals surface area contributed by atoms with Crippen molar-refractivity contribution in [3.8, 4) is 59.4 Å². The molecule has 0 saturated heterocycles. The third-order valence-electron chi connectivity index (χ3n) is 14.2. The highest BCUT2D eigenvalue weighted by Gasteiger charge is 2.24. The summed E-state index contributed by atoms with van der Waals surface area (Å²) in [5.74, 6) is 2.90. The molecule has 0 atom stereocenters. The second-order valence-corrected chi connectivity index (χ2v) is 21.9. The monoisotopic (exact) mass is 1200 g/mol. The summed E-state index contributed by atoms with van der Waals surface area (Å²) < 4.78 is 27.8. The Morgan fingerprint density at radius 1 is 0.517 bits per heavy atom. The summed E-state index contributed by atoms with van der Waals surface area (Å²) in [6.07, 6.45) is 5.50. The van der Waals surface area contributed by atoms with Gasteiger partial charge in [0.2, 0.25) is 11.8 Å². The summed E-state index contributed by atoms with van der Waals surface area (Å²) >= 11 is 5.98. The second-order valence-electron chi connectivity index (χ2n) is 21.5. The lowest BCUT2D eigenvalue weighted by Crippen LogP contribution is -2.35. The van der Waals surface area contributed by atoms with Crippen LogP contribution in [0, 0.1) is 54.8 Å². The number of nitriles is 3. The predicted octanol–water partition coefficient (Wildman–Crippen LogP) is 11.1. The average Bonchev–Trinajstić information content (AvgIpc) is 2.78. The van der Waals surface area contributed by atoms with E-state index in [0.717, 1.165) is 60.5 Å². The van der Waals surface area contributed by atoms with Crippen LogP contribution < -0.4 is 41.4 Å². The minimum Gasteiger partial charge on any atom is -0.481 e. The number of rotatable bonds is 12. The summed E-state index contributed by atoms with van der Waals surface area (Å²) in [5, 5.41) is 31.0. The summed E-state index contributed by atoms with van der Waals surface area (Å²) in [4.78, 5) is 73.0. The van der Waals surface area contributed by atoms with Crippen LogP contribution in [0.2, 0.25) is 5.15 Å². The number of nitrogens with one attached hydrogen (secondary N) is 3. The van der Waals surface area contributed by atoms with Gasteiger partial charge in [0, 0.05) is 41.3 Å². The van der Waals surface area contributed by atoms with Crippen molar-refractivity contribution >= 4 is 44.3 Å². The molecule has 10 rings (SSSR count). The summed E-state index contributed by atoms with van der Waals surface area (Å²) in [6, 6.07) is 24.2. The molecule has 3 aromatic carbocycles. The first-order valence-electron chi connectivity index (χ1n) is 27.9. The minimum absolute atomic E-state index is 0.0603. The maximum Gasteiger partial charge on any atom is 0.329 e. The summed E-state index contributed by atoms with van der Waals surface area (Å²) in [7, 11) is 6.15. The van der Waals surface area contributed by atoms with E-state index in [1.54, 1.807) is 29.6 Å². The molecule has 87 heavy (non-hydrogen) atoms. The molecule has 0 amide bonds. The zero-order chi connectivity index (χ0) is 63.9. The van der Waals surface area contributed by atoms with Gasteiger partial charge in [-0.2, -0.15) is 35.7 Å². The highest BCUT2D eigenvalue weighted by molar-refractivity contribution is 6.30. The van der Waals surface area contributed by atoms with Crippen molar-refractivity contribution < 1.29 is 18.9 Å². The van der Waals surface area contributed by atoms with E-state index in [-0.39, 0.29) is 41.3 Å². The molecule has 0 aliphatic carbocycles. The topological polar surface area (TPSA) is 295 Å². The molecular weight excluding hydrogens is 1130 g/mol. The Balaban J connectivity index is 0.000000169. The summed E-state index contributed by atoms with van der Waals surface area (Å²) in [6.45, 7) is 23.9. The van der Waals surface area contributed by atoms with Gasteiger partial charge in [0.05, 0.1) is 102 Å². The first-order valence-corrected chi connectivity index (χ1v) is 28.2. The fourth-order valence-corrected chi connectivity index (χ4v) is 10.7. The molecule has 0 aliphatic rings. The Kier molecular flexibility index (Phi) is 20.1. The van der Waals surface area contributed by atoms with Gasteiger partial charge in [0.1, 0.15) is 16.8 Å². The lowest BCUT2D eigenvalue weighted by atomic mass is 10.0. The van der Waals surface area contributed by atoms with E-state index in [1.807, 2.05) is 145 Å². The lowest BCUT2D eigenvalue weighted by Gasteiger charge is -2.19. The van der Waals surface area contributed by atoms with E-state index in [0.29, 0.717) is 68.7 Å². The Morgan fingerprint density at radius 2 is 0.931 bits per heavy atom. The van der Waals surface area contributed by atoms with E-state index in [9.17, 15) is 35.0 Å². The maximum absolute atomic E-state index is 12.5. The van der Waals surface area contributed by atoms with Crippen LogP contribution in [0.5, 0.6) is 23.8 Å². The Hall–Kier alpha value is -10.2. The molecule has 0 radical (unpaired) electrons. The number of nitrogens with zero attached hydrogens (tertiary/aromatic N) is 11. The number of H-pyrrole nitrogens is 3. The number of aryl methyl sites for hydroxylation is 3. The van der Waals surface area contributed by atoms with Crippen LogP contribution >= 0.6 is 11.6 Å². The van der Waals surface area contributed by atoms with Gasteiger partial charge in [-0.3, -0.25) is 29.1 Å². The van der Waals surface area contributed by atoms with E-state index in [1.165, 1.54) is 14.2 Å². The molecule has 0 spiro atoms. The van der Waals surface area contributed by atoms with Gasteiger partial charge in [-0.05, 0) is 123 Å². The fraction of sp³-hybridized carbons (Fsp3) is 0.328. The zero-order valence-electron chi connectivity index (χ0n) is 51.5. The molecule has 0 aliphatic heterocycles. The molecule has 22 nitrogen and oxygen atoms in total. The number of aromatic nitrogens is 11. The van der Waals surface area contributed by atoms with Crippen LogP contribution in [0.15, 0.2) is 92.4 Å². The number of aromatic amines is 3. The van der Waals surface area contributed by atoms with Gasteiger partial charge in [0.25, 0.3) is 11.1 Å². The smallest absolute Gasteiger partial charge is 0.329 e. The minimum atomic E-state index is -0.551. The highest BCUT2D eigenvalue weighted by Crippen LogP contribution is 2.36. The van der Waals surface area contributed by atoms with E-state index in [4.69, 9.17) is 30.5 Å². The van der Waals surface area contributed by atoms with Gasteiger partial charge in [-0.15, -0.1) is 0 Å². The van der Waals surface area contributed by atoms with Crippen LogP contribution in [-0.2, 0) is 6.54 Å². The number of hydrogen-bond acceptors (Lipinski definition) is 15. The second kappa shape index (κ2) is 27.2. The van der Waals surface area contributed by atoms with Crippen molar-refractivity contribution in [2.24, 2.45) is 0 Å². The lowest BCUT2D eigenvalue weighted by molar-refractivity contribution is 0.346. The molecule has 7 aromatic heterocycles. The molecule has 0 fully saturated rings. The molecular formula is C64H69ClN14O8. The van der Waals surface area contributed by atoms with Crippen molar-refractivity contribution in [1.82, 2.24) is 53.2 Å². The Labute approximate surface area is 506 Å². The van der Waals surface area contributed by atoms with Crippen molar-refractivity contribution in [3.63, 3.8) is 0 Å². The standard InChI is InChI=1S/2C19H20N4O2.C17H16N4O2.C9H13ClN2O2/c1-11(2)16-17(21-19(25-5)22-18(16)24-4)23-7-6-14-13(10-20)8-12(3)9-15(14)23;1-5-22-18(16(11(2)3)17(24)21-19(22)25)23-7-6-14-13(10-20)8-12(4)9-15(14)23;1-9(2)14-15(19-17(23)20-16(14)22)21-5-4-12-11(8-18)6-10(3)7-13(12)21;1-5(2)6-7(10)11-9(14-4)12-8(6)13-3/h6-9,11H,1-5H3;6-9,11H,5H2,1-4H3,(H,21,24,25);4-7,9H,1-3H3,(H2,19,20,22,23);5H,1-4H3. The molecule has 0 unspecified atom stereocenters. The fourth-order valence-electron chi connectivity index (χ4n) is 10.3. The summed E-state index contributed by atoms with van der Waals surface area (Å²) in [5.41, 5.74) is 8.21. The van der Waals surface area contributed by atoms with E-state index >= 15 is 0 Å². The highest BCUT2D eigenvalue weighted by atomic mass is 35.5. The molecule has 10 aromatic rings. The number of methoxy groups -OCH3 is 4. The predicted molar refractivity (Wildman–Crippen MR) is 335 cm³/mol. The average molecular weight is 1200 g/mol. The van der Waals surface area contributed by atoms with Crippen molar-refractivity contribution in [2.45, 2.75) is 113 Å². The van der Waals surface area contributed by atoms with Gasteiger partial charge in [-0.25, -0.2) is 9.59 Å². The first-order chi connectivity index (χ1) is 41.4. The Bertz CT molecular complexity index is 4610. The number of ether oxygens (including phenoxy) is 4. The normalized spacial score (nSPS) is 11.0. The molecule has 3 N–H and O–H groups in total. The Morgan fingerprint density at radius 3 is 1.37 bits per heavy atom. The van der Waals surface area contributed by atoms with Crippen LogP contribution in [0.25, 0.3) is 50.2 Å². The molecule has 0 saturated carbocycles. The number of hydrogen-bond donors (Lipinski definition) is 3. The van der Waals surface area contributed by atoms with Gasteiger partial charge >= 0.3 is 23.4 Å². The van der Waals surface area contributed by atoms with E-state index < -0.39 is 16.9 Å². The molecule has 7 heterocycles. The molecule has 23 heteroatoms. The molecule has 450 valence electrons. The zero-order valence-corrected chi connectivity index (χ0v) is 52.3. The van der Waals surface area contributed by atoms with Gasteiger partial charge < -0.3 is 32.6 Å². The van der Waals surface area contributed by atoms with Crippen molar-refractivity contribution in [2.75, 3.05) is 28.4 Å². The van der Waals surface area contributed by atoms with Gasteiger partial charge in [-0.1, -0.05) is 67.0 Å². The maximum atomic E-state index is 12.5. The SMILES string of the molecule is CCn1c(-n2ccc3c(C#N)cc(C)cc32)c(C(C)C)c(=O)[nH]c1=O.COc1nc(Cl)c(C(C)C)c(OC)n1.COc1nc(OC)c(C(C)C)c(-n2ccc3c(C#N)cc(C)cc32)n1.Cc1cc(C#N)c2ccn(-c3[nH]c(=O)[nH]c(=O)c3C(C)C)c2c1. The van der Waals surface area contributed by atoms with Crippen LogP contribution in [0.4, 0.5) is 0 Å². The third kappa shape index (κ3) is 13.2.